The molecular weight excluding hydrogens is 256 g/mol. The number of ether oxygens (including phenoxy) is 2. The first-order valence-corrected chi connectivity index (χ1v) is 7.23. The van der Waals surface area contributed by atoms with Crippen molar-refractivity contribution < 1.29 is 19.4 Å². The van der Waals surface area contributed by atoms with Gasteiger partial charge in [0.2, 0.25) is 0 Å². The zero-order valence-electron chi connectivity index (χ0n) is 12.1. The third kappa shape index (κ3) is 3.24. The van der Waals surface area contributed by atoms with Crippen molar-refractivity contribution in [2.45, 2.75) is 45.1 Å². The Labute approximate surface area is 119 Å². The lowest BCUT2D eigenvalue weighted by Crippen LogP contribution is -2.30. The summed E-state index contributed by atoms with van der Waals surface area (Å²) in [5, 5.41) is 9.00. The molecule has 1 saturated carbocycles. The molecule has 0 radical (unpaired) electrons. The van der Waals surface area contributed by atoms with Crippen LogP contribution in [0.1, 0.15) is 49.4 Å². The zero-order chi connectivity index (χ0) is 14.5. The van der Waals surface area contributed by atoms with E-state index in [1.54, 1.807) is 12.1 Å². The summed E-state index contributed by atoms with van der Waals surface area (Å²) in [4.78, 5) is 11.0. The minimum absolute atomic E-state index is 0.207. The highest BCUT2D eigenvalue weighted by atomic mass is 16.5. The van der Waals surface area contributed by atoms with E-state index >= 15 is 0 Å². The molecule has 110 valence electrons. The molecule has 20 heavy (non-hydrogen) atoms. The number of carboxylic acids is 1. The Morgan fingerprint density at radius 3 is 2.70 bits per heavy atom. The van der Waals surface area contributed by atoms with E-state index in [-0.39, 0.29) is 11.7 Å². The normalized spacial score (nSPS) is 22.3. The largest absolute Gasteiger partial charge is 0.493 e. The van der Waals surface area contributed by atoms with E-state index in [4.69, 9.17) is 14.6 Å². The maximum absolute atomic E-state index is 11.0. The molecule has 0 spiro atoms. The molecule has 4 nitrogen and oxygen atoms in total. The van der Waals surface area contributed by atoms with E-state index < -0.39 is 5.97 Å². The van der Waals surface area contributed by atoms with Gasteiger partial charge in [0, 0.05) is 0 Å². The lowest BCUT2D eigenvalue weighted by Gasteiger charge is -2.31. The number of hydrogen-bond donors (Lipinski definition) is 1. The van der Waals surface area contributed by atoms with Crippen LogP contribution < -0.4 is 9.47 Å². The van der Waals surface area contributed by atoms with Gasteiger partial charge in [-0.1, -0.05) is 13.3 Å². The van der Waals surface area contributed by atoms with Gasteiger partial charge in [-0.05, 0) is 49.8 Å². The molecule has 1 aromatic rings. The Bertz CT molecular complexity index is 470. The van der Waals surface area contributed by atoms with Crippen LogP contribution in [-0.4, -0.2) is 24.3 Å². The molecule has 4 heteroatoms. The lowest BCUT2D eigenvalue weighted by atomic mass is 9.85. The van der Waals surface area contributed by atoms with Crippen molar-refractivity contribution in [1.82, 2.24) is 0 Å². The van der Waals surface area contributed by atoms with Gasteiger partial charge in [0.25, 0.3) is 0 Å². The van der Waals surface area contributed by atoms with Crippen LogP contribution in [0.2, 0.25) is 0 Å². The van der Waals surface area contributed by atoms with Crippen LogP contribution in [0.15, 0.2) is 18.2 Å². The molecule has 0 aromatic heterocycles. The molecule has 1 N–H and O–H groups in total. The lowest BCUT2D eigenvalue weighted by molar-refractivity contribution is 0.0695. The highest BCUT2D eigenvalue weighted by Gasteiger charge is 2.26. The second-order valence-electron chi connectivity index (χ2n) is 5.28. The maximum Gasteiger partial charge on any atom is 0.335 e. The summed E-state index contributed by atoms with van der Waals surface area (Å²) >= 11 is 0. The molecular formula is C16H22O4. The number of hydrogen-bond acceptors (Lipinski definition) is 3. The van der Waals surface area contributed by atoms with Crippen LogP contribution in [0.5, 0.6) is 11.5 Å². The Kier molecular flexibility index (Phi) is 4.88. The molecule has 2 rings (SSSR count). The van der Waals surface area contributed by atoms with Crippen molar-refractivity contribution in [1.29, 1.82) is 0 Å². The Balaban J connectivity index is 2.17. The second kappa shape index (κ2) is 6.64. The number of methoxy groups -OCH3 is 1. The molecule has 0 heterocycles. The minimum atomic E-state index is -0.959. The van der Waals surface area contributed by atoms with Gasteiger partial charge in [0.1, 0.15) is 6.10 Å². The van der Waals surface area contributed by atoms with Gasteiger partial charge in [0.15, 0.2) is 11.5 Å². The van der Waals surface area contributed by atoms with E-state index in [1.807, 2.05) is 0 Å². The molecule has 2 unspecified atom stereocenters. The van der Waals surface area contributed by atoms with Crippen molar-refractivity contribution in [2.24, 2.45) is 5.92 Å². The third-order valence-electron chi connectivity index (χ3n) is 4.05. The summed E-state index contributed by atoms with van der Waals surface area (Å²) in [5.41, 5.74) is 0.213. The summed E-state index contributed by atoms with van der Waals surface area (Å²) in [6.45, 7) is 2.19. The molecule has 0 saturated heterocycles. The SMILES string of the molecule is CCC1CCCCC1Oc1ccc(C(=O)O)cc1OC. The first-order valence-electron chi connectivity index (χ1n) is 7.23. The fourth-order valence-corrected chi connectivity index (χ4v) is 2.86. The molecule has 0 bridgehead atoms. The average Bonchev–Trinajstić information content (AvgIpc) is 2.48. The number of rotatable bonds is 5. The van der Waals surface area contributed by atoms with Crippen LogP contribution in [0.25, 0.3) is 0 Å². The van der Waals surface area contributed by atoms with E-state index in [0.29, 0.717) is 17.4 Å². The van der Waals surface area contributed by atoms with Gasteiger partial charge in [-0.15, -0.1) is 0 Å². The molecule has 1 aliphatic carbocycles. The minimum Gasteiger partial charge on any atom is -0.493 e. The van der Waals surface area contributed by atoms with E-state index in [2.05, 4.69) is 6.92 Å². The van der Waals surface area contributed by atoms with E-state index in [1.165, 1.54) is 32.4 Å². The third-order valence-corrected chi connectivity index (χ3v) is 4.05. The first kappa shape index (κ1) is 14.7. The second-order valence-corrected chi connectivity index (χ2v) is 5.28. The molecule has 1 aromatic carbocycles. The summed E-state index contributed by atoms with van der Waals surface area (Å²) in [5.74, 6) is 0.750. The zero-order valence-corrected chi connectivity index (χ0v) is 12.1. The highest BCUT2D eigenvalue weighted by Crippen LogP contribution is 2.35. The highest BCUT2D eigenvalue weighted by molar-refractivity contribution is 5.88. The summed E-state index contributed by atoms with van der Waals surface area (Å²) in [7, 11) is 1.53. The van der Waals surface area contributed by atoms with E-state index in [9.17, 15) is 4.79 Å². The van der Waals surface area contributed by atoms with Gasteiger partial charge in [-0.3, -0.25) is 0 Å². The van der Waals surface area contributed by atoms with Gasteiger partial charge < -0.3 is 14.6 Å². The quantitative estimate of drug-likeness (QED) is 0.891. The van der Waals surface area contributed by atoms with Crippen LogP contribution in [0, 0.1) is 5.92 Å². The van der Waals surface area contributed by atoms with Gasteiger partial charge in [-0.2, -0.15) is 0 Å². The molecule has 1 aliphatic rings. The maximum atomic E-state index is 11.0. The Morgan fingerprint density at radius 2 is 2.05 bits per heavy atom. The van der Waals surface area contributed by atoms with Crippen molar-refractivity contribution in [3.05, 3.63) is 23.8 Å². The monoisotopic (exact) mass is 278 g/mol. The fourth-order valence-electron chi connectivity index (χ4n) is 2.86. The topological polar surface area (TPSA) is 55.8 Å². The van der Waals surface area contributed by atoms with Crippen molar-refractivity contribution in [3.63, 3.8) is 0 Å². The molecule has 1 fully saturated rings. The molecule has 0 amide bonds. The number of carboxylic acid groups (broad SMARTS) is 1. The van der Waals surface area contributed by atoms with Crippen LogP contribution in [0.4, 0.5) is 0 Å². The van der Waals surface area contributed by atoms with E-state index in [0.717, 1.165) is 12.8 Å². The average molecular weight is 278 g/mol. The number of carbonyl (C=O) groups is 1. The van der Waals surface area contributed by atoms with Crippen molar-refractivity contribution in [2.75, 3.05) is 7.11 Å². The van der Waals surface area contributed by atoms with Crippen molar-refractivity contribution >= 4 is 5.97 Å². The predicted molar refractivity (Wildman–Crippen MR) is 76.6 cm³/mol. The Hall–Kier alpha value is -1.71. The number of benzene rings is 1. The van der Waals surface area contributed by atoms with Crippen LogP contribution >= 0.6 is 0 Å². The summed E-state index contributed by atoms with van der Waals surface area (Å²) in [6, 6.07) is 4.77. The van der Waals surface area contributed by atoms with Gasteiger partial charge in [-0.25, -0.2) is 4.79 Å². The standard InChI is InChI=1S/C16H22O4/c1-3-11-6-4-5-7-13(11)20-14-9-8-12(16(17)18)10-15(14)19-2/h8-11,13H,3-7H2,1-2H3,(H,17,18). The number of aromatic carboxylic acids is 1. The van der Waals surface area contributed by atoms with Crippen LogP contribution in [-0.2, 0) is 0 Å². The fraction of sp³-hybridized carbons (Fsp3) is 0.562. The summed E-state index contributed by atoms with van der Waals surface area (Å²) in [6.07, 6.45) is 6.04. The smallest absolute Gasteiger partial charge is 0.335 e. The molecule has 2 atom stereocenters. The molecule has 0 aliphatic heterocycles. The van der Waals surface area contributed by atoms with Gasteiger partial charge >= 0.3 is 5.97 Å². The van der Waals surface area contributed by atoms with Gasteiger partial charge in [0.05, 0.1) is 12.7 Å². The van der Waals surface area contributed by atoms with Crippen LogP contribution in [0.3, 0.4) is 0 Å². The summed E-state index contributed by atoms with van der Waals surface area (Å²) < 4.78 is 11.4. The van der Waals surface area contributed by atoms with Crippen molar-refractivity contribution in [3.8, 4) is 11.5 Å². The predicted octanol–water partition coefficient (Wildman–Crippen LogP) is 3.74. The Morgan fingerprint density at radius 1 is 1.30 bits per heavy atom. The first-order chi connectivity index (χ1) is 9.65.